The number of anilines is 1. The molecule has 0 unspecified atom stereocenters. The second-order valence-electron chi connectivity index (χ2n) is 3.99. The Bertz CT molecular complexity index is 504. The van der Waals surface area contributed by atoms with E-state index in [0.29, 0.717) is 44.2 Å². The fourth-order valence-electron chi connectivity index (χ4n) is 1.93. The van der Waals surface area contributed by atoms with Crippen molar-refractivity contribution in [3.8, 4) is 0 Å². The van der Waals surface area contributed by atoms with Gasteiger partial charge in [0, 0.05) is 18.8 Å². The first-order valence-electron chi connectivity index (χ1n) is 6.13. The monoisotopic (exact) mass is 261 g/mol. The van der Waals surface area contributed by atoms with E-state index in [1.165, 1.54) is 6.20 Å². The lowest BCUT2D eigenvalue weighted by Gasteiger charge is -2.29. The van der Waals surface area contributed by atoms with Crippen molar-refractivity contribution in [1.29, 1.82) is 0 Å². The molecule has 0 spiro atoms. The third-order valence-corrected chi connectivity index (χ3v) is 2.83. The quantitative estimate of drug-likeness (QED) is 0.611. The number of pyridine rings is 1. The van der Waals surface area contributed by atoms with Gasteiger partial charge >= 0.3 is 5.97 Å². The van der Waals surface area contributed by atoms with Crippen molar-refractivity contribution >= 4 is 17.5 Å². The summed E-state index contributed by atoms with van der Waals surface area (Å²) in [5.41, 5.74) is 1.10. The number of carbonyl (C=O) groups is 1. The molecule has 0 radical (unpaired) electrons. The number of hydrogen-bond donors (Lipinski definition) is 0. The molecule has 19 heavy (non-hydrogen) atoms. The summed E-state index contributed by atoms with van der Waals surface area (Å²) < 4.78 is 10.3. The van der Waals surface area contributed by atoms with Gasteiger partial charge in [-0.2, -0.15) is 0 Å². The summed E-state index contributed by atoms with van der Waals surface area (Å²) in [6, 6.07) is 1.63. The molecule has 6 heteroatoms. The number of ether oxygens (including phenoxy) is 2. The van der Waals surface area contributed by atoms with E-state index < -0.39 is 5.97 Å². The van der Waals surface area contributed by atoms with E-state index in [1.54, 1.807) is 13.0 Å². The van der Waals surface area contributed by atoms with Crippen LogP contribution in [0.25, 0.3) is 4.85 Å². The molecule has 1 saturated heterocycles. The van der Waals surface area contributed by atoms with Gasteiger partial charge in [0.15, 0.2) is 0 Å². The van der Waals surface area contributed by atoms with Crippen LogP contribution in [-0.4, -0.2) is 43.9 Å². The lowest BCUT2D eigenvalue weighted by molar-refractivity contribution is 0.0525. The normalized spacial score (nSPS) is 14.8. The van der Waals surface area contributed by atoms with Crippen LogP contribution >= 0.6 is 0 Å². The van der Waals surface area contributed by atoms with Gasteiger partial charge in [-0.05, 0) is 13.0 Å². The number of esters is 1. The average Bonchev–Trinajstić information content (AvgIpc) is 2.47. The van der Waals surface area contributed by atoms with Crippen LogP contribution in [0, 0.1) is 6.57 Å². The molecule has 0 saturated carbocycles. The van der Waals surface area contributed by atoms with Crippen LogP contribution in [0.4, 0.5) is 11.5 Å². The van der Waals surface area contributed by atoms with Gasteiger partial charge < -0.3 is 19.2 Å². The topological polar surface area (TPSA) is 56.0 Å². The number of carbonyl (C=O) groups excluding carboxylic acids is 1. The fourth-order valence-corrected chi connectivity index (χ4v) is 1.93. The standard InChI is InChI=1S/C13H15N3O3/c1-3-19-13(17)10-9-15-12(14-2)8-11(10)16-4-6-18-7-5-16/h8-9H,3-7H2,1H3. The Balaban J connectivity index is 2.36. The zero-order valence-corrected chi connectivity index (χ0v) is 10.8. The molecule has 100 valence electrons. The number of aromatic nitrogens is 1. The smallest absolute Gasteiger partial charge is 0.343 e. The van der Waals surface area contributed by atoms with Gasteiger partial charge in [-0.3, -0.25) is 0 Å². The molecule has 1 fully saturated rings. The summed E-state index contributed by atoms with van der Waals surface area (Å²) in [5, 5.41) is 0. The summed E-state index contributed by atoms with van der Waals surface area (Å²) >= 11 is 0. The average molecular weight is 261 g/mol. The molecule has 6 nitrogen and oxygen atoms in total. The number of rotatable bonds is 3. The molecule has 1 aliphatic heterocycles. The molecule has 0 bridgehead atoms. The highest BCUT2D eigenvalue weighted by atomic mass is 16.5. The van der Waals surface area contributed by atoms with E-state index >= 15 is 0 Å². The summed E-state index contributed by atoms with van der Waals surface area (Å²) in [5.74, 6) is -0.137. The van der Waals surface area contributed by atoms with Crippen molar-refractivity contribution in [2.24, 2.45) is 0 Å². The summed E-state index contributed by atoms with van der Waals surface area (Å²) in [4.78, 5) is 21.2. The Hall–Kier alpha value is -2.13. The Morgan fingerprint density at radius 1 is 1.58 bits per heavy atom. The predicted octanol–water partition coefficient (Wildman–Crippen LogP) is 1.65. The van der Waals surface area contributed by atoms with Crippen LogP contribution in [0.3, 0.4) is 0 Å². The molecule has 0 N–H and O–H groups in total. The highest BCUT2D eigenvalue weighted by molar-refractivity contribution is 5.96. The van der Waals surface area contributed by atoms with Crippen LogP contribution in [0.2, 0.25) is 0 Å². The van der Waals surface area contributed by atoms with E-state index in [0.717, 1.165) is 0 Å². The maximum atomic E-state index is 11.9. The summed E-state index contributed by atoms with van der Waals surface area (Å²) in [6.45, 7) is 11.7. The molecular formula is C13H15N3O3. The lowest BCUT2D eigenvalue weighted by Crippen LogP contribution is -2.37. The highest BCUT2D eigenvalue weighted by Crippen LogP contribution is 2.26. The minimum Gasteiger partial charge on any atom is -0.462 e. The first-order valence-corrected chi connectivity index (χ1v) is 6.13. The number of hydrogen-bond acceptors (Lipinski definition) is 5. The van der Waals surface area contributed by atoms with Crippen LogP contribution < -0.4 is 4.90 Å². The van der Waals surface area contributed by atoms with Gasteiger partial charge in [-0.25, -0.2) is 4.79 Å². The second-order valence-corrected chi connectivity index (χ2v) is 3.99. The molecule has 1 aromatic heterocycles. The molecule has 2 heterocycles. The molecule has 0 aromatic carbocycles. The van der Waals surface area contributed by atoms with Gasteiger partial charge in [-0.15, -0.1) is 4.98 Å². The number of nitrogens with zero attached hydrogens (tertiary/aromatic N) is 3. The van der Waals surface area contributed by atoms with E-state index in [9.17, 15) is 4.79 Å². The van der Waals surface area contributed by atoms with Crippen molar-refractivity contribution in [1.82, 2.24) is 4.98 Å². The Kier molecular flexibility index (Phi) is 4.31. The van der Waals surface area contributed by atoms with Gasteiger partial charge in [0.1, 0.15) is 11.8 Å². The van der Waals surface area contributed by atoms with Crippen LogP contribution in [-0.2, 0) is 9.47 Å². The second kappa shape index (κ2) is 6.16. The van der Waals surface area contributed by atoms with Crippen molar-refractivity contribution in [3.05, 3.63) is 29.2 Å². The Morgan fingerprint density at radius 3 is 2.95 bits per heavy atom. The zero-order chi connectivity index (χ0) is 13.7. The third kappa shape index (κ3) is 3.01. The molecule has 2 rings (SSSR count). The maximum absolute atomic E-state index is 11.9. The molecule has 0 atom stereocenters. The lowest BCUT2D eigenvalue weighted by atomic mass is 10.2. The highest BCUT2D eigenvalue weighted by Gasteiger charge is 2.21. The minimum atomic E-state index is -0.409. The van der Waals surface area contributed by atoms with Crippen molar-refractivity contribution in [2.75, 3.05) is 37.8 Å². The molecule has 1 aliphatic rings. The fraction of sp³-hybridized carbons (Fsp3) is 0.462. The van der Waals surface area contributed by atoms with Crippen LogP contribution in [0.5, 0.6) is 0 Å². The first-order chi connectivity index (χ1) is 9.26. The van der Waals surface area contributed by atoms with Crippen LogP contribution in [0.1, 0.15) is 17.3 Å². The van der Waals surface area contributed by atoms with Crippen molar-refractivity contribution in [3.63, 3.8) is 0 Å². The van der Waals surface area contributed by atoms with E-state index in [1.807, 2.05) is 4.90 Å². The van der Waals surface area contributed by atoms with Crippen molar-refractivity contribution in [2.45, 2.75) is 6.92 Å². The maximum Gasteiger partial charge on any atom is 0.343 e. The third-order valence-electron chi connectivity index (χ3n) is 2.83. The van der Waals surface area contributed by atoms with E-state index in [4.69, 9.17) is 16.0 Å². The summed E-state index contributed by atoms with van der Waals surface area (Å²) in [7, 11) is 0. The zero-order valence-electron chi connectivity index (χ0n) is 10.8. The SMILES string of the molecule is [C-]#[N+]c1cc(N2CCOCC2)c(C(=O)OCC)cn1. The first kappa shape index (κ1) is 13.3. The Labute approximate surface area is 111 Å². The van der Waals surface area contributed by atoms with E-state index in [2.05, 4.69) is 9.83 Å². The van der Waals surface area contributed by atoms with Gasteiger partial charge in [0.2, 0.25) is 0 Å². The molecule has 0 amide bonds. The summed E-state index contributed by atoms with van der Waals surface area (Å²) in [6.07, 6.45) is 1.41. The minimum absolute atomic E-state index is 0.273. The molecular weight excluding hydrogens is 246 g/mol. The van der Waals surface area contributed by atoms with Gasteiger partial charge in [0.05, 0.1) is 19.8 Å². The molecule has 1 aromatic rings. The van der Waals surface area contributed by atoms with E-state index in [-0.39, 0.29) is 5.82 Å². The number of morpholine rings is 1. The Morgan fingerprint density at radius 2 is 2.32 bits per heavy atom. The van der Waals surface area contributed by atoms with Crippen LogP contribution in [0.15, 0.2) is 12.3 Å². The predicted molar refractivity (Wildman–Crippen MR) is 69.5 cm³/mol. The van der Waals surface area contributed by atoms with Gasteiger partial charge in [0.25, 0.3) is 5.82 Å². The molecule has 0 aliphatic carbocycles. The largest absolute Gasteiger partial charge is 0.462 e. The van der Waals surface area contributed by atoms with Crippen molar-refractivity contribution < 1.29 is 14.3 Å². The van der Waals surface area contributed by atoms with Gasteiger partial charge in [-0.1, -0.05) is 6.57 Å².